The molecule has 22 heavy (non-hydrogen) atoms. The highest BCUT2D eigenvalue weighted by Crippen LogP contribution is 2.27. The fourth-order valence-corrected chi connectivity index (χ4v) is 2.17. The molecule has 0 amide bonds. The van der Waals surface area contributed by atoms with Crippen LogP contribution in [0, 0.1) is 0 Å². The van der Waals surface area contributed by atoms with E-state index < -0.39 is 6.10 Å². The second-order valence-electron chi connectivity index (χ2n) is 5.13. The van der Waals surface area contributed by atoms with E-state index in [0.29, 0.717) is 39.1 Å². The van der Waals surface area contributed by atoms with Gasteiger partial charge in [0.2, 0.25) is 0 Å². The summed E-state index contributed by atoms with van der Waals surface area (Å²) in [6, 6.07) is 7.54. The highest BCUT2D eigenvalue weighted by atomic mass is 16.5. The van der Waals surface area contributed by atoms with Gasteiger partial charge in [-0.25, -0.2) is 0 Å². The van der Waals surface area contributed by atoms with Crippen LogP contribution in [0.15, 0.2) is 24.3 Å². The van der Waals surface area contributed by atoms with Gasteiger partial charge in [0.15, 0.2) is 0 Å². The Balaban J connectivity index is 2.42. The average molecular weight is 309 g/mol. The Labute approximate surface area is 132 Å². The maximum Gasteiger partial charge on any atom is 0.307 e. The number of esters is 1. The molecule has 1 rings (SSSR count). The molecule has 1 atom stereocenters. The summed E-state index contributed by atoms with van der Waals surface area (Å²) in [6.07, 6.45) is 0.382. The monoisotopic (exact) mass is 309 g/mol. The largest absolute Gasteiger partial charge is 0.493 e. The van der Waals surface area contributed by atoms with E-state index >= 15 is 0 Å². The maximum absolute atomic E-state index is 11.3. The van der Waals surface area contributed by atoms with Crippen molar-refractivity contribution in [3.8, 4) is 5.75 Å². The third-order valence-electron chi connectivity index (χ3n) is 3.37. The maximum atomic E-state index is 11.3. The first-order valence-electron chi connectivity index (χ1n) is 7.82. The zero-order chi connectivity index (χ0) is 16.4. The summed E-state index contributed by atoms with van der Waals surface area (Å²) in [4.78, 5) is 13.3. The van der Waals surface area contributed by atoms with Crippen LogP contribution in [0.5, 0.6) is 5.75 Å². The van der Waals surface area contributed by atoms with E-state index in [0.717, 1.165) is 11.3 Å². The van der Waals surface area contributed by atoms with Gasteiger partial charge >= 0.3 is 5.97 Å². The lowest BCUT2D eigenvalue weighted by molar-refractivity contribution is -0.143. The molecule has 1 aromatic carbocycles. The Morgan fingerprint density at radius 1 is 1.23 bits per heavy atom. The van der Waals surface area contributed by atoms with Crippen LogP contribution in [0.4, 0.5) is 0 Å². The lowest BCUT2D eigenvalue weighted by Crippen LogP contribution is -2.25. The summed E-state index contributed by atoms with van der Waals surface area (Å²) in [5.41, 5.74) is 0.808. The highest BCUT2D eigenvalue weighted by Gasteiger charge is 2.14. The topological polar surface area (TPSA) is 59.0 Å². The molecule has 0 heterocycles. The zero-order valence-electron chi connectivity index (χ0n) is 13.7. The first-order chi connectivity index (χ1) is 10.6. The standard InChI is InChI=1S/C17H27NO4/c1-4-21-16-9-7-6-8-14(16)15(19)10-12-18(3)13-11-17(20)22-5-2/h6-9,15,19H,4-5,10-13H2,1-3H3. The first-order valence-corrected chi connectivity index (χ1v) is 7.82. The van der Waals surface area contributed by atoms with E-state index in [2.05, 4.69) is 0 Å². The quantitative estimate of drug-likeness (QED) is 0.673. The third kappa shape index (κ3) is 6.45. The molecule has 5 heteroatoms. The summed E-state index contributed by atoms with van der Waals surface area (Å²) in [7, 11) is 1.93. The number of ether oxygens (including phenoxy) is 2. The molecule has 1 N–H and O–H groups in total. The minimum atomic E-state index is -0.576. The molecule has 0 saturated heterocycles. The van der Waals surface area contributed by atoms with Crippen LogP contribution in [0.25, 0.3) is 0 Å². The molecule has 0 aromatic heterocycles. The number of carbonyl (C=O) groups excluding carboxylic acids is 1. The predicted octanol–water partition coefficient (Wildman–Crippen LogP) is 2.39. The van der Waals surface area contributed by atoms with Crippen molar-refractivity contribution in [2.24, 2.45) is 0 Å². The fraction of sp³-hybridized carbons (Fsp3) is 0.588. The van der Waals surface area contributed by atoms with Crippen LogP contribution >= 0.6 is 0 Å². The van der Waals surface area contributed by atoms with Gasteiger partial charge in [-0.1, -0.05) is 18.2 Å². The number of rotatable bonds is 10. The molecule has 0 radical (unpaired) electrons. The molecule has 5 nitrogen and oxygen atoms in total. The van der Waals surface area contributed by atoms with Crippen molar-refractivity contribution in [2.75, 3.05) is 33.4 Å². The van der Waals surface area contributed by atoms with Crippen LogP contribution in [0.3, 0.4) is 0 Å². The number of para-hydroxylation sites is 1. The smallest absolute Gasteiger partial charge is 0.307 e. The SMILES string of the molecule is CCOC(=O)CCN(C)CCC(O)c1ccccc1OCC. The van der Waals surface area contributed by atoms with Crippen molar-refractivity contribution >= 4 is 5.97 Å². The molecular weight excluding hydrogens is 282 g/mol. The number of benzene rings is 1. The average Bonchev–Trinajstić information content (AvgIpc) is 2.52. The summed E-state index contributed by atoms with van der Waals surface area (Å²) >= 11 is 0. The van der Waals surface area contributed by atoms with Gasteiger partial charge in [-0.15, -0.1) is 0 Å². The second kappa shape index (κ2) is 10.2. The Morgan fingerprint density at radius 3 is 2.64 bits per heavy atom. The van der Waals surface area contributed by atoms with E-state index in [9.17, 15) is 9.90 Å². The first kappa shape index (κ1) is 18.5. The van der Waals surface area contributed by atoms with Gasteiger partial charge in [0.05, 0.1) is 25.7 Å². The molecule has 0 fully saturated rings. The van der Waals surface area contributed by atoms with Gasteiger partial charge in [-0.2, -0.15) is 0 Å². The van der Waals surface area contributed by atoms with Crippen LogP contribution in [-0.2, 0) is 9.53 Å². The van der Waals surface area contributed by atoms with Crippen molar-refractivity contribution in [1.82, 2.24) is 4.90 Å². The Kier molecular flexibility index (Phi) is 8.55. The van der Waals surface area contributed by atoms with Crippen LogP contribution in [0.2, 0.25) is 0 Å². The Morgan fingerprint density at radius 2 is 1.95 bits per heavy atom. The Hall–Kier alpha value is -1.59. The van der Waals surface area contributed by atoms with Crippen LogP contribution in [-0.4, -0.2) is 49.3 Å². The summed E-state index contributed by atoms with van der Waals surface area (Å²) in [5, 5.41) is 10.3. The zero-order valence-corrected chi connectivity index (χ0v) is 13.7. The van der Waals surface area contributed by atoms with Gasteiger partial charge < -0.3 is 19.5 Å². The van der Waals surface area contributed by atoms with Gasteiger partial charge in [-0.3, -0.25) is 4.79 Å². The van der Waals surface area contributed by atoms with E-state index in [1.807, 2.05) is 43.1 Å². The summed E-state index contributed by atoms with van der Waals surface area (Å²) in [6.45, 7) is 6.03. The van der Waals surface area contributed by atoms with Gasteiger partial charge in [0, 0.05) is 18.7 Å². The molecule has 1 aromatic rings. The number of hydrogen-bond acceptors (Lipinski definition) is 5. The van der Waals surface area contributed by atoms with Crippen molar-refractivity contribution in [1.29, 1.82) is 0 Å². The molecule has 0 spiro atoms. The van der Waals surface area contributed by atoms with E-state index in [1.165, 1.54) is 0 Å². The van der Waals surface area contributed by atoms with Crippen molar-refractivity contribution < 1.29 is 19.4 Å². The number of aliphatic hydroxyl groups is 1. The van der Waals surface area contributed by atoms with Gasteiger partial charge in [0.25, 0.3) is 0 Å². The molecule has 1 unspecified atom stereocenters. The lowest BCUT2D eigenvalue weighted by Gasteiger charge is -2.20. The van der Waals surface area contributed by atoms with Gasteiger partial charge in [0.1, 0.15) is 5.75 Å². The summed E-state index contributed by atoms with van der Waals surface area (Å²) in [5.74, 6) is 0.545. The predicted molar refractivity (Wildman–Crippen MR) is 85.9 cm³/mol. The fourth-order valence-electron chi connectivity index (χ4n) is 2.17. The van der Waals surface area contributed by atoms with E-state index in [1.54, 1.807) is 6.92 Å². The highest BCUT2D eigenvalue weighted by molar-refractivity contribution is 5.69. The lowest BCUT2D eigenvalue weighted by atomic mass is 10.1. The number of nitrogens with zero attached hydrogens (tertiary/aromatic N) is 1. The third-order valence-corrected chi connectivity index (χ3v) is 3.37. The second-order valence-corrected chi connectivity index (χ2v) is 5.13. The van der Waals surface area contributed by atoms with E-state index in [-0.39, 0.29) is 5.97 Å². The molecule has 0 aliphatic rings. The van der Waals surface area contributed by atoms with Crippen LogP contribution in [0.1, 0.15) is 38.4 Å². The molecular formula is C17H27NO4. The van der Waals surface area contributed by atoms with Crippen LogP contribution < -0.4 is 4.74 Å². The molecule has 0 aliphatic heterocycles. The number of aliphatic hydroxyl groups excluding tert-OH is 1. The summed E-state index contributed by atoms with van der Waals surface area (Å²) < 4.78 is 10.4. The Bertz CT molecular complexity index is 450. The van der Waals surface area contributed by atoms with Crippen molar-refractivity contribution in [3.05, 3.63) is 29.8 Å². The molecule has 124 valence electrons. The minimum absolute atomic E-state index is 0.184. The van der Waals surface area contributed by atoms with E-state index in [4.69, 9.17) is 9.47 Å². The van der Waals surface area contributed by atoms with Crippen molar-refractivity contribution in [2.45, 2.75) is 32.8 Å². The van der Waals surface area contributed by atoms with Crippen molar-refractivity contribution in [3.63, 3.8) is 0 Å². The molecule has 0 saturated carbocycles. The number of hydrogen-bond donors (Lipinski definition) is 1. The molecule has 0 aliphatic carbocycles. The minimum Gasteiger partial charge on any atom is -0.493 e. The normalized spacial score (nSPS) is 12.2. The van der Waals surface area contributed by atoms with Gasteiger partial charge in [-0.05, 0) is 33.4 Å². The molecule has 0 bridgehead atoms. The number of carbonyl (C=O) groups is 1.